The molecule has 0 radical (unpaired) electrons. The predicted octanol–water partition coefficient (Wildman–Crippen LogP) is 4.70. The molecular formula is C25H21N3O2. The zero-order valence-electron chi connectivity index (χ0n) is 16.7. The zero-order chi connectivity index (χ0) is 20.5. The molecule has 5 heteroatoms. The van der Waals surface area contributed by atoms with Crippen LogP contribution in [0.5, 0.6) is 5.75 Å². The molecule has 30 heavy (non-hydrogen) atoms. The minimum absolute atomic E-state index is 0.122. The monoisotopic (exact) mass is 395 g/mol. The van der Waals surface area contributed by atoms with Gasteiger partial charge < -0.3 is 4.74 Å². The molecular weight excluding hydrogens is 374 g/mol. The van der Waals surface area contributed by atoms with Crippen molar-refractivity contribution in [2.75, 3.05) is 7.11 Å². The lowest BCUT2D eigenvalue weighted by Gasteiger charge is -2.17. The third-order valence-corrected chi connectivity index (χ3v) is 5.60. The molecule has 0 saturated carbocycles. The second-order valence-corrected chi connectivity index (χ2v) is 7.46. The average Bonchev–Trinajstić information content (AvgIpc) is 3.19. The van der Waals surface area contributed by atoms with E-state index in [0.717, 1.165) is 57.5 Å². The lowest BCUT2D eigenvalue weighted by molar-refractivity contribution is 0.102. The Balaban J connectivity index is 1.49. The van der Waals surface area contributed by atoms with Crippen LogP contribution in [-0.4, -0.2) is 27.9 Å². The van der Waals surface area contributed by atoms with Gasteiger partial charge in [-0.2, -0.15) is 0 Å². The van der Waals surface area contributed by atoms with Gasteiger partial charge in [0.1, 0.15) is 11.3 Å². The van der Waals surface area contributed by atoms with Gasteiger partial charge in [-0.1, -0.05) is 47.7 Å². The third-order valence-electron chi connectivity index (χ3n) is 5.60. The summed E-state index contributed by atoms with van der Waals surface area (Å²) in [6.45, 7) is 0.539. The van der Waals surface area contributed by atoms with E-state index in [1.54, 1.807) is 7.11 Å². The van der Waals surface area contributed by atoms with Crippen LogP contribution < -0.4 is 4.74 Å². The number of ether oxygens (including phenoxy) is 1. The van der Waals surface area contributed by atoms with Gasteiger partial charge >= 0.3 is 0 Å². The van der Waals surface area contributed by atoms with E-state index in [2.05, 4.69) is 16.4 Å². The Kier molecular flexibility index (Phi) is 4.64. The number of para-hydroxylation sites is 1. The maximum absolute atomic E-state index is 12.9. The maximum Gasteiger partial charge on any atom is 0.189 e. The standard InChI is InChI=1S/C25H21N3O2/c1-30-24-13-10-17(14-19-12-11-18-6-2-3-7-21(18)25(19)29)15-20(24)16-28-23-9-5-4-8-22(23)26-27-28/h2-10,13-15H,11-12,16H2,1H3/b19-14+. The molecule has 0 bridgehead atoms. The Hall–Kier alpha value is -3.73. The van der Waals surface area contributed by atoms with Crippen LogP contribution in [0, 0.1) is 0 Å². The molecule has 4 aromatic rings. The Labute approximate surface area is 174 Å². The highest BCUT2D eigenvalue weighted by Crippen LogP contribution is 2.28. The molecule has 0 atom stereocenters. The minimum atomic E-state index is 0.122. The van der Waals surface area contributed by atoms with Crippen molar-refractivity contribution in [3.63, 3.8) is 0 Å². The SMILES string of the molecule is COc1ccc(/C=C2\CCc3ccccc3C2=O)cc1Cn1nnc2ccccc21. The number of ketones is 1. The first-order chi connectivity index (χ1) is 14.7. The van der Waals surface area contributed by atoms with E-state index in [4.69, 9.17) is 4.74 Å². The number of hydrogen-bond donors (Lipinski definition) is 0. The van der Waals surface area contributed by atoms with E-state index in [1.807, 2.05) is 71.4 Å². The van der Waals surface area contributed by atoms with Crippen LogP contribution in [0.1, 0.15) is 33.5 Å². The molecule has 0 spiro atoms. The molecule has 5 rings (SSSR count). The molecule has 0 saturated heterocycles. The number of methoxy groups -OCH3 is 1. The molecule has 1 aromatic heterocycles. The summed E-state index contributed by atoms with van der Waals surface area (Å²) in [6, 6.07) is 21.8. The van der Waals surface area contributed by atoms with Crippen molar-refractivity contribution in [3.05, 3.63) is 94.6 Å². The number of carbonyl (C=O) groups is 1. The van der Waals surface area contributed by atoms with Gasteiger partial charge in [0.15, 0.2) is 5.78 Å². The number of aromatic nitrogens is 3. The van der Waals surface area contributed by atoms with Crippen LogP contribution in [0.4, 0.5) is 0 Å². The van der Waals surface area contributed by atoms with E-state index in [0.29, 0.717) is 6.54 Å². The molecule has 1 aliphatic rings. The molecule has 1 aliphatic carbocycles. The van der Waals surface area contributed by atoms with Crippen molar-refractivity contribution in [1.29, 1.82) is 0 Å². The molecule has 0 N–H and O–H groups in total. The fourth-order valence-corrected chi connectivity index (χ4v) is 4.06. The lowest BCUT2D eigenvalue weighted by atomic mass is 9.86. The molecule has 0 unspecified atom stereocenters. The number of fused-ring (bicyclic) bond motifs is 2. The Morgan fingerprint density at radius 3 is 2.77 bits per heavy atom. The number of allylic oxidation sites excluding steroid dienone is 1. The van der Waals surface area contributed by atoms with Gasteiger partial charge in [-0.25, -0.2) is 4.68 Å². The van der Waals surface area contributed by atoms with Crippen LogP contribution in [-0.2, 0) is 13.0 Å². The van der Waals surface area contributed by atoms with Crippen LogP contribution in [0.3, 0.4) is 0 Å². The van der Waals surface area contributed by atoms with Gasteiger partial charge in [0.25, 0.3) is 0 Å². The maximum atomic E-state index is 12.9. The highest BCUT2D eigenvalue weighted by Gasteiger charge is 2.21. The van der Waals surface area contributed by atoms with E-state index >= 15 is 0 Å². The van der Waals surface area contributed by atoms with Crippen LogP contribution >= 0.6 is 0 Å². The summed E-state index contributed by atoms with van der Waals surface area (Å²) >= 11 is 0. The van der Waals surface area contributed by atoms with Crippen LogP contribution in [0.25, 0.3) is 17.1 Å². The van der Waals surface area contributed by atoms with E-state index < -0.39 is 0 Å². The molecule has 5 nitrogen and oxygen atoms in total. The Morgan fingerprint density at radius 1 is 1.03 bits per heavy atom. The summed E-state index contributed by atoms with van der Waals surface area (Å²) in [5, 5.41) is 8.52. The first kappa shape index (κ1) is 18.3. The van der Waals surface area contributed by atoms with Crippen LogP contribution in [0.15, 0.2) is 72.3 Å². The molecule has 3 aromatic carbocycles. The number of Topliss-reactive ketones (excluding diaryl/α,β-unsaturated/α-hetero) is 1. The molecule has 0 fully saturated rings. The second-order valence-electron chi connectivity index (χ2n) is 7.46. The minimum Gasteiger partial charge on any atom is -0.496 e. The summed E-state index contributed by atoms with van der Waals surface area (Å²) in [4.78, 5) is 12.9. The van der Waals surface area contributed by atoms with E-state index in [9.17, 15) is 4.79 Å². The van der Waals surface area contributed by atoms with Gasteiger partial charge in [0.05, 0.1) is 19.2 Å². The van der Waals surface area contributed by atoms with Crippen molar-refractivity contribution in [2.45, 2.75) is 19.4 Å². The fourth-order valence-electron chi connectivity index (χ4n) is 4.06. The second kappa shape index (κ2) is 7.59. The number of carbonyl (C=O) groups excluding carboxylic acids is 1. The summed E-state index contributed by atoms with van der Waals surface area (Å²) in [5.41, 5.74) is 6.61. The molecule has 1 heterocycles. The van der Waals surface area contributed by atoms with Gasteiger partial charge in [-0.3, -0.25) is 4.79 Å². The van der Waals surface area contributed by atoms with E-state index in [1.165, 1.54) is 0 Å². The van der Waals surface area contributed by atoms with Crippen molar-refractivity contribution in [1.82, 2.24) is 15.0 Å². The quantitative estimate of drug-likeness (QED) is 0.470. The Bertz CT molecular complexity index is 1290. The first-order valence-corrected chi connectivity index (χ1v) is 10.0. The highest BCUT2D eigenvalue weighted by molar-refractivity contribution is 6.13. The smallest absolute Gasteiger partial charge is 0.189 e. The fraction of sp³-hybridized carbons (Fsp3) is 0.160. The van der Waals surface area contributed by atoms with Crippen molar-refractivity contribution in [2.24, 2.45) is 0 Å². The van der Waals surface area contributed by atoms with Crippen molar-refractivity contribution < 1.29 is 9.53 Å². The van der Waals surface area contributed by atoms with Gasteiger partial charge in [-0.05, 0) is 54.3 Å². The number of aryl methyl sites for hydroxylation is 1. The molecule has 0 aliphatic heterocycles. The third kappa shape index (κ3) is 3.28. The number of nitrogens with zero attached hydrogens (tertiary/aromatic N) is 3. The Morgan fingerprint density at radius 2 is 1.87 bits per heavy atom. The van der Waals surface area contributed by atoms with Crippen molar-refractivity contribution in [3.8, 4) is 5.75 Å². The number of benzene rings is 3. The predicted molar refractivity (Wildman–Crippen MR) is 117 cm³/mol. The summed E-state index contributed by atoms with van der Waals surface area (Å²) in [7, 11) is 1.66. The van der Waals surface area contributed by atoms with Gasteiger partial charge in [0, 0.05) is 16.7 Å². The molecule has 148 valence electrons. The van der Waals surface area contributed by atoms with Crippen molar-refractivity contribution >= 4 is 22.9 Å². The number of hydrogen-bond acceptors (Lipinski definition) is 4. The first-order valence-electron chi connectivity index (χ1n) is 10.0. The largest absolute Gasteiger partial charge is 0.496 e. The number of rotatable bonds is 4. The highest BCUT2D eigenvalue weighted by atomic mass is 16.5. The summed E-state index contributed by atoms with van der Waals surface area (Å²) < 4.78 is 7.44. The van der Waals surface area contributed by atoms with E-state index in [-0.39, 0.29) is 5.78 Å². The summed E-state index contributed by atoms with van der Waals surface area (Å²) in [5.74, 6) is 0.911. The topological polar surface area (TPSA) is 57.0 Å². The normalized spacial score (nSPS) is 14.8. The average molecular weight is 395 g/mol. The van der Waals surface area contributed by atoms with Crippen LogP contribution in [0.2, 0.25) is 0 Å². The summed E-state index contributed by atoms with van der Waals surface area (Å²) in [6.07, 6.45) is 3.65. The van der Waals surface area contributed by atoms with Gasteiger partial charge in [-0.15, -0.1) is 5.10 Å². The molecule has 0 amide bonds. The lowest BCUT2D eigenvalue weighted by Crippen LogP contribution is -2.13. The zero-order valence-corrected chi connectivity index (χ0v) is 16.7. The van der Waals surface area contributed by atoms with Gasteiger partial charge in [0.2, 0.25) is 0 Å².